The Hall–Kier alpha value is -1.02. The van der Waals surface area contributed by atoms with Crippen LogP contribution in [0.25, 0.3) is 0 Å². The van der Waals surface area contributed by atoms with Crippen molar-refractivity contribution in [3.8, 4) is 5.75 Å². The Balaban J connectivity index is 1.62. The van der Waals surface area contributed by atoms with Crippen molar-refractivity contribution in [2.24, 2.45) is 11.8 Å². The smallest absolute Gasteiger partial charge is 0.119 e. The van der Waals surface area contributed by atoms with Crippen molar-refractivity contribution < 1.29 is 4.74 Å². The molecule has 80 valence electrons. The average Bonchev–Trinajstić information content (AvgIpc) is 2.79. The van der Waals surface area contributed by atoms with Gasteiger partial charge in [0.25, 0.3) is 0 Å². The highest BCUT2D eigenvalue weighted by atomic mass is 16.5. The van der Waals surface area contributed by atoms with Gasteiger partial charge in [0.15, 0.2) is 0 Å². The molecule has 0 radical (unpaired) electrons. The Kier molecular flexibility index (Phi) is 2.37. The van der Waals surface area contributed by atoms with Gasteiger partial charge < -0.3 is 10.1 Å². The number of rotatable bonds is 2. The average molecular weight is 203 g/mol. The standard InChI is InChI=1S/C13H17NO/c1-2-4-12(5-3-1)15-13-6-10-8-14-9-11(10)7-13/h1-5,10-11,13-14H,6-9H2/t10-,11+,13+. The topological polar surface area (TPSA) is 21.3 Å². The molecular weight excluding hydrogens is 186 g/mol. The van der Waals surface area contributed by atoms with E-state index in [2.05, 4.69) is 5.32 Å². The van der Waals surface area contributed by atoms with E-state index < -0.39 is 0 Å². The number of nitrogens with one attached hydrogen (secondary N) is 1. The lowest BCUT2D eigenvalue weighted by molar-refractivity contribution is 0.199. The van der Waals surface area contributed by atoms with Gasteiger partial charge >= 0.3 is 0 Å². The highest BCUT2D eigenvalue weighted by Gasteiger charge is 2.38. The summed E-state index contributed by atoms with van der Waals surface area (Å²) in [5, 5.41) is 3.45. The molecule has 3 rings (SSSR count). The maximum atomic E-state index is 5.98. The molecule has 0 unspecified atom stereocenters. The van der Waals surface area contributed by atoms with Gasteiger partial charge in [-0.25, -0.2) is 0 Å². The summed E-state index contributed by atoms with van der Waals surface area (Å²) < 4.78 is 5.98. The maximum Gasteiger partial charge on any atom is 0.119 e. The second-order valence-corrected chi connectivity index (χ2v) is 4.70. The lowest BCUT2D eigenvalue weighted by atomic mass is 10.0. The first-order chi connectivity index (χ1) is 7.42. The van der Waals surface area contributed by atoms with Gasteiger partial charge in [-0.2, -0.15) is 0 Å². The van der Waals surface area contributed by atoms with Crippen LogP contribution in [0.4, 0.5) is 0 Å². The van der Waals surface area contributed by atoms with Crippen LogP contribution >= 0.6 is 0 Å². The molecule has 1 aliphatic carbocycles. The predicted octanol–water partition coefficient (Wildman–Crippen LogP) is 2.06. The van der Waals surface area contributed by atoms with Crippen LogP contribution in [-0.2, 0) is 0 Å². The lowest BCUT2D eigenvalue weighted by Gasteiger charge is -2.14. The summed E-state index contributed by atoms with van der Waals surface area (Å²) in [6.07, 6.45) is 2.91. The van der Waals surface area contributed by atoms with Gasteiger partial charge in [0.1, 0.15) is 5.75 Å². The number of benzene rings is 1. The van der Waals surface area contributed by atoms with Gasteiger partial charge in [0, 0.05) is 0 Å². The molecule has 1 heterocycles. The fourth-order valence-corrected chi connectivity index (χ4v) is 2.90. The number of hydrogen-bond donors (Lipinski definition) is 1. The minimum absolute atomic E-state index is 0.449. The zero-order chi connectivity index (χ0) is 10.1. The van der Waals surface area contributed by atoms with Crippen molar-refractivity contribution in [2.75, 3.05) is 13.1 Å². The fourth-order valence-electron chi connectivity index (χ4n) is 2.90. The second kappa shape index (κ2) is 3.86. The molecule has 15 heavy (non-hydrogen) atoms. The molecule has 1 aromatic rings. The normalized spacial score (nSPS) is 34.0. The van der Waals surface area contributed by atoms with E-state index in [1.165, 1.54) is 25.9 Å². The Morgan fingerprint density at radius 1 is 1.00 bits per heavy atom. The molecule has 2 fully saturated rings. The first-order valence-electron chi connectivity index (χ1n) is 5.84. The van der Waals surface area contributed by atoms with E-state index in [4.69, 9.17) is 4.74 Å². The van der Waals surface area contributed by atoms with Gasteiger partial charge in [0.05, 0.1) is 6.10 Å². The third-order valence-corrected chi connectivity index (χ3v) is 3.66. The van der Waals surface area contributed by atoms with E-state index in [0.717, 1.165) is 17.6 Å². The number of para-hydroxylation sites is 1. The summed E-state index contributed by atoms with van der Waals surface area (Å²) in [5.41, 5.74) is 0. The molecule has 1 aliphatic heterocycles. The van der Waals surface area contributed by atoms with Crippen LogP contribution in [0.5, 0.6) is 5.75 Å². The number of hydrogen-bond acceptors (Lipinski definition) is 2. The SMILES string of the molecule is c1ccc(O[C@@H]2C[C@H]3CNC[C@H]3C2)cc1. The van der Waals surface area contributed by atoms with Gasteiger partial charge in [0.2, 0.25) is 0 Å². The molecule has 0 bridgehead atoms. The molecule has 1 aromatic carbocycles. The van der Waals surface area contributed by atoms with E-state index in [9.17, 15) is 0 Å². The summed E-state index contributed by atoms with van der Waals surface area (Å²) in [6.45, 7) is 2.39. The van der Waals surface area contributed by atoms with Crippen LogP contribution < -0.4 is 10.1 Å². The van der Waals surface area contributed by atoms with Crippen LogP contribution in [0, 0.1) is 11.8 Å². The number of ether oxygens (including phenoxy) is 1. The van der Waals surface area contributed by atoms with Gasteiger partial charge in [-0.1, -0.05) is 18.2 Å². The van der Waals surface area contributed by atoms with E-state index in [-0.39, 0.29) is 0 Å². The van der Waals surface area contributed by atoms with E-state index in [0.29, 0.717) is 6.10 Å². The second-order valence-electron chi connectivity index (χ2n) is 4.70. The van der Waals surface area contributed by atoms with E-state index in [1.807, 2.05) is 30.3 Å². The highest BCUT2D eigenvalue weighted by molar-refractivity contribution is 5.21. The third-order valence-electron chi connectivity index (χ3n) is 3.66. The minimum atomic E-state index is 0.449. The summed E-state index contributed by atoms with van der Waals surface area (Å²) in [7, 11) is 0. The first kappa shape index (κ1) is 9.22. The predicted molar refractivity (Wildman–Crippen MR) is 59.9 cm³/mol. The summed E-state index contributed by atoms with van der Waals surface area (Å²) in [5.74, 6) is 2.74. The Morgan fingerprint density at radius 2 is 1.67 bits per heavy atom. The molecule has 2 aliphatic rings. The third kappa shape index (κ3) is 1.86. The Labute approximate surface area is 90.6 Å². The van der Waals surface area contributed by atoms with Crippen molar-refractivity contribution >= 4 is 0 Å². The summed E-state index contributed by atoms with van der Waals surface area (Å²) >= 11 is 0. The zero-order valence-electron chi connectivity index (χ0n) is 8.86. The zero-order valence-corrected chi connectivity index (χ0v) is 8.86. The molecule has 3 atom stereocenters. The Bertz CT molecular complexity index is 313. The molecule has 0 amide bonds. The van der Waals surface area contributed by atoms with E-state index >= 15 is 0 Å². The lowest BCUT2D eigenvalue weighted by Crippen LogP contribution is -2.18. The first-order valence-corrected chi connectivity index (χ1v) is 5.84. The van der Waals surface area contributed by atoms with Gasteiger partial charge in [-0.05, 0) is 49.9 Å². The van der Waals surface area contributed by atoms with Crippen molar-refractivity contribution in [3.63, 3.8) is 0 Å². The van der Waals surface area contributed by atoms with Gasteiger partial charge in [-0.3, -0.25) is 0 Å². The molecule has 1 saturated carbocycles. The summed E-state index contributed by atoms with van der Waals surface area (Å²) in [6, 6.07) is 10.2. The molecule has 0 aromatic heterocycles. The molecule has 1 saturated heterocycles. The fraction of sp³-hybridized carbons (Fsp3) is 0.538. The van der Waals surface area contributed by atoms with E-state index in [1.54, 1.807) is 0 Å². The monoisotopic (exact) mass is 203 g/mol. The van der Waals surface area contributed by atoms with Crippen LogP contribution in [0.1, 0.15) is 12.8 Å². The van der Waals surface area contributed by atoms with Gasteiger partial charge in [-0.15, -0.1) is 0 Å². The molecule has 0 spiro atoms. The van der Waals surface area contributed by atoms with Crippen molar-refractivity contribution in [1.82, 2.24) is 5.32 Å². The van der Waals surface area contributed by atoms with Crippen LogP contribution in [0.3, 0.4) is 0 Å². The van der Waals surface area contributed by atoms with Crippen LogP contribution in [0.2, 0.25) is 0 Å². The van der Waals surface area contributed by atoms with Crippen molar-refractivity contribution in [2.45, 2.75) is 18.9 Å². The Morgan fingerprint density at radius 3 is 2.33 bits per heavy atom. The highest BCUT2D eigenvalue weighted by Crippen LogP contribution is 2.36. The largest absolute Gasteiger partial charge is 0.490 e. The maximum absolute atomic E-state index is 5.98. The number of fused-ring (bicyclic) bond motifs is 1. The molecule has 1 N–H and O–H groups in total. The van der Waals surface area contributed by atoms with Crippen LogP contribution in [0.15, 0.2) is 30.3 Å². The molecular formula is C13H17NO. The molecule has 2 heteroatoms. The van der Waals surface area contributed by atoms with Crippen molar-refractivity contribution in [3.05, 3.63) is 30.3 Å². The summed E-state index contributed by atoms with van der Waals surface area (Å²) in [4.78, 5) is 0. The molecule has 2 nitrogen and oxygen atoms in total. The van der Waals surface area contributed by atoms with Crippen LogP contribution in [-0.4, -0.2) is 19.2 Å². The minimum Gasteiger partial charge on any atom is -0.490 e. The van der Waals surface area contributed by atoms with Crippen molar-refractivity contribution in [1.29, 1.82) is 0 Å². The quantitative estimate of drug-likeness (QED) is 0.794.